The minimum absolute atomic E-state index is 0.179. The summed E-state index contributed by atoms with van der Waals surface area (Å²) in [5.41, 5.74) is 1.58. The van der Waals surface area contributed by atoms with Crippen LogP contribution in [0.4, 0.5) is 20.2 Å². The van der Waals surface area contributed by atoms with Gasteiger partial charge in [-0.15, -0.1) is 0 Å². The second-order valence-corrected chi connectivity index (χ2v) is 4.85. The lowest BCUT2D eigenvalue weighted by Crippen LogP contribution is -2.42. The quantitative estimate of drug-likeness (QED) is 0.917. The Kier molecular flexibility index (Phi) is 3.33. The number of carbonyl (C=O) groups is 1. The van der Waals surface area contributed by atoms with E-state index >= 15 is 0 Å². The predicted molar refractivity (Wildman–Crippen MR) is 77.2 cm³/mol. The molecule has 0 aliphatic carbocycles. The number of anilines is 2. The van der Waals surface area contributed by atoms with Crippen LogP contribution in [0.25, 0.3) is 0 Å². The van der Waals surface area contributed by atoms with Crippen LogP contribution in [0, 0.1) is 11.6 Å². The Bertz CT molecular complexity index is 688. The number of likely N-dealkylation sites (N-methyl/N-ethyl adjacent to an activating group) is 1. The third kappa shape index (κ3) is 2.24. The Balaban J connectivity index is 2.09. The molecule has 1 atom stereocenters. The second kappa shape index (κ2) is 5.16. The van der Waals surface area contributed by atoms with E-state index in [0.717, 1.165) is 17.7 Å². The minimum Gasteiger partial charge on any atom is -0.368 e. The van der Waals surface area contributed by atoms with E-state index in [1.165, 1.54) is 4.90 Å². The summed E-state index contributed by atoms with van der Waals surface area (Å²) < 4.78 is 26.9. The minimum atomic E-state index is -0.958. The van der Waals surface area contributed by atoms with Gasteiger partial charge in [0.1, 0.15) is 6.04 Å². The van der Waals surface area contributed by atoms with Crippen LogP contribution in [-0.2, 0) is 4.79 Å². The van der Waals surface area contributed by atoms with Crippen molar-refractivity contribution in [3.8, 4) is 0 Å². The van der Waals surface area contributed by atoms with Gasteiger partial charge in [0, 0.05) is 18.7 Å². The van der Waals surface area contributed by atoms with Crippen LogP contribution < -0.4 is 10.2 Å². The third-order valence-electron chi connectivity index (χ3n) is 3.59. The average Bonchev–Trinajstić information content (AvgIpc) is 2.50. The van der Waals surface area contributed by atoms with Gasteiger partial charge in [-0.25, -0.2) is 8.78 Å². The number of amides is 1. The summed E-state index contributed by atoms with van der Waals surface area (Å²) in [6, 6.07) is 10.7. The zero-order valence-corrected chi connectivity index (χ0v) is 11.4. The highest BCUT2D eigenvalue weighted by Crippen LogP contribution is 2.37. The smallest absolute Gasteiger partial charge is 0.254 e. The number of fused-ring (bicyclic) bond motifs is 1. The van der Waals surface area contributed by atoms with E-state index in [-0.39, 0.29) is 5.91 Å². The van der Waals surface area contributed by atoms with Crippen molar-refractivity contribution >= 4 is 17.3 Å². The maximum absolute atomic E-state index is 13.4. The maximum Gasteiger partial charge on any atom is 0.254 e. The molecule has 1 heterocycles. The fourth-order valence-corrected chi connectivity index (χ4v) is 2.56. The van der Waals surface area contributed by atoms with E-state index in [1.807, 2.05) is 30.3 Å². The molecule has 108 valence electrons. The lowest BCUT2D eigenvalue weighted by Gasteiger charge is -2.35. The van der Waals surface area contributed by atoms with Gasteiger partial charge in [0.15, 0.2) is 11.6 Å². The molecule has 0 radical (unpaired) electrons. The van der Waals surface area contributed by atoms with Crippen molar-refractivity contribution in [3.63, 3.8) is 0 Å². The highest BCUT2D eigenvalue weighted by atomic mass is 19.2. The highest BCUT2D eigenvalue weighted by molar-refractivity contribution is 6.05. The highest BCUT2D eigenvalue weighted by Gasteiger charge is 2.33. The summed E-state index contributed by atoms with van der Waals surface area (Å²) in [5, 5.41) is 3.00. The Morgan fingerprint density at radius 3 is 2.48 bits per heavy atom. The number of hydrogen-bond acceptors (Lipinski definition) is 2. The topological polar surface area (TPSA) is 32.3 Å². The molecule has 1 amide bonds. The lowest BCUT2D eigenvalue weighted by atomic mass is 10.0. The first kappa shape index (κ1) is 13.5. The summed E-state index contributed by atoms with van der Waals surface area (Å²) in [7, 11) is 0. The van der Waals surface area contributed by atoms with Gasteiger partial charge >= 0.3 is 0 Å². The van der Waals surface area contributed by atoms with Crippen LogP contribution in [0.1, 0.15) is 18.5 Å². The number of nitrogens with zero attached hydrogens (tertiary/aromatic N) is 1. The molecule has 5 heteroatoms. The van der Waals surface area contributed by atoms with Crippen LogP contribution in [0.2, 0.25) is 0 Å². The lowest BCUT2D eigenvalue weighted by molar-refractivity contribution is -0.119. The molecule has 3 rings (SSSR count). The van der Waals surface area contributed by atoms with Crippen LogP contribution in [0.3, 0.4) is 0 Å². The first-order valence-corrected chi connectivity index (χ1v) is 6.73. The van der Waals surface area contributed by atoms with Crippen LogP contribution in [-0.4, -0.2) is 12.5 Å². The summed E-state index contributed by atoms with van der Waals surface area (Å²) in [4.78, 5) is 14.0. The standard InChI is InChI=1S/C16H14F2N2O/c1-2-20-14-9-12(18)11(17)8-13(14)19-15(16(20)21)10-6-4-3-5-7-10/h3-9,15,19H,2H2,1H3. The molecule has 2 aromatic rings. The Labute approximate surface area is 121 Å². The summed E-state index contributed by atoms with van der Waals surface area (Å²) in [6.07, 6.45) is 0. The van der Waals surface area contributed by atoms with Crippen molar-refractivity contribution in [2.24, 2.45) is 0 Å². The van der Waals surface area contributed by atoms with Crippen LogP contribution in [0.15, 0.2) is 42.5 Å². The zero-order chi connectivity index (χ0) is 15.0. The average molecular weight is 288 g/mol. The Morgan fingerprint density at radius 1 is 1.14 bits per heavy atom. The second-order valence-electron chi connectivity index (χ2n) is 4.85. The molecule has 1 aliphatic heterocycles. The van der Waals surface area contributed by atoms with Gasteiger partial charge in [-0.2, -0.15) is 0 Å². The molecule has 1 N–H and O–H groups in total. The summed E-state index contributed by atoms with van der Waals surface area (Å²) >= 11 is 0. The fraction of sp³-hybridized carbons (Fsp3) is 0.188. The van der Waals surface area contributed by atoms with Crippen molar-refractivity contribution in [1.82, 2.24) is 0 Å². The molecular weight excluding hydrogens is 274 g/mol. The van der Waals surface area contributed by atoms with E-state index in [0.29, 0.717) is 17.9 Å². The van der Waals surface area contributed by atoms with Gasteiger partial charge in [0.2, 0.25) is 0 Å². The molecule has 0 fully saturated rings. The normalized spacial score (nSPS) is 17.4. The molecule has 21 heavy (non-hydrogen) atoms. The van der Waals surface area contributed by atoms with Crippen molar-refractivity contribution in [2.45, 2.75) is 13.0 Å². The molecule has 0 bridgehead atoms. The number of halogens is 2. The van der Waals surface area contributed by atoms with E-state index < -0.39 is 17.7 Å². The van der Waals surface area contributed by atoms with E-state index in [1.54, 1.807) is 6.92 Å². The van der Waals surface area contributed by atoms with Crippen LogP contribution >= 0.6 is 0 Å². The number of carbonyl (C=O) groups excluding carboxylic acids is 1. The largest absolute Gasteiger partial charge is 0.368 e. The molecule has 1 aliphatic rings. The number of hydrogen-bond donors (Lipinski definition) is 1. The number of benzene rings is 2. The van der Waals surface area contributed by atoms with E-state index in [9.17, 15) is 13.6 Å². The van der Waals surface area contributed by atoms with Gasteiger partial charge in [0.25, 0.3) is 5.91 Å². The Morgan fingerprint density at radius 2 is 1.81 bits per heavy atom. The van der Waals surface area contributed by atoms with Gasteiger partial charge in [0.05, 0.1) is 11.4 Å². The van der Waals surface area contributed by atoms with E-state index in [4.69, 9.17) is 0 Å². The third-order valence-corrected chi connectivity index (χ3v) is 3.59. The van der Waals surface area contributed by atoms with Gasteiger partial charge in [-0.3, -0.25) is 4.79 Å². The van der Waals surface area contributed by atoms with Crippen molar-refractivity contribution < 1.29 is 13.6 Å². The van der Waals surface area contributed by atoms with Gasteiger partial charge in [-0.05, 0) is 12.5 Å². The number of nitrogens with one attached hydrogen (secondary N) is 1. The molecule has 0 spiro atoms. The van der Waals surface area contributed by atoms with Gasteiger partial charge in [-0.1, -0.05) is 30.3 Å². The molecule has 2 aromatic carbocycles. The molecule has 3 nitrogen and oxygen atoms in total. The first-order valence-electron chi connectivity index (χ1n) is 6.73. The fourth-order valence-electron chi connectivity index (χ4n) is 2.56. The molecule has 1 unspecified atom stereocenters. The van der Waals surface area contributed by atoms with E-state index in [2.05, 4.69) is 5.32 Å². The van der Waals surface area contributed by atoms with Crippen molar-refractivity contribution in [1.29, 1.82) is 0 Å². The van der Waals surface area contributed by atoms with Crippen molar-refractivity contribution in [2.75, 3.05) is 16.8 Å². The molecular formula is C16H14F2N2O. The Hall–Kier alpha value is -2.43. The SMILES string of the molecule is CCN1C(=O)C(c2ccccc2)Nc2cc(F)c(F)cc21. The van der Waals surface area contributed by atoms with Crippen LogP contribution in [0.5, 0.6) is 0 Å². The number of rotatable bonds is 2. The molecule has 0 saturated heterocycles. The summed E-state index contributed by atoms with van der Waals surface area (Å²) in [6.45, 7) is 2.19. The summed E-state index contributed by atoms with van der Waals surface area (Å²) in [5.74, 6) is -2.07. The maximum atomic E-state index is 13.4. The monoisotopic (exact) mass is 288 g/mol. The first-order chi connectivity index (χ1) is 10.1. The molecule has 0 aromatic heterocycles. The van der Waals surface area contributed by atoms with Crippen molar-refractivity contribution in [3.05, 3.63) is 59.7 Å². The predicted octanol–water partition coefficient (Wildman–Crippen LogP) is 3.48. The zero-order valence-electron chi connectivity index (χ0n) is 11.4. The van der Waals surface area contributed by atoms with Gasteiger partial charge < -0.3 is 10.2 Å². The molecule has 0 saturated carbocycles.